The highest BCUT2D eigenvalue weighted by molar-refractivity contribution is 5.78. The summed E-state index contributed by atoms with van der Waals surface area (Å²) in [5, 5.41) is 6.57. The Kier molecular flexibility index (Phi) is 3.02. The highest BCUT2D eigenvalue weighted by atomic mass is 15.1. The molecule has 0 radical (unpaired) electrons. The number of aromatic nitrogens is 2. The van der Waals surface area contributed by atoms with Crippen molar-refractivity contribution in [1.29, 1.82) is 0 Å². The molecule has 1 aromatic rings. The third-order valence-corrected chi connectivity index (χ3v) is 1.32. The van der Waals surface area contributed by atoms with Crippen LogP contribution in [-0.2, 0) is 0 Å². The molecule has 1 aromatic heterocycles. The number of aromatic amines is 1. The minimum atomic E-state index is 0.686. The summed E-state index contributed by atoms with van der Waals surface area (Å²) in [6.45, 7) is 5.70. The first kappa shape index (κ1) is 8.46. The SMILES string of the molecule is C=C(N=C/C=C\C)c1ccn[nH]1. The lowest BCUT2D eigenvalue weighted by molar-refractivity contribution is 1.07. The molecule has 3 heteroatoms. The van der Waals surface area contributed by atoms with Gasteiger partial charge in [0.15, 0.2) is 0 Å². The number of nitrogens with zero attached hydrogens (tertiary/aromatic N) is 2. The molecule has 0 unspecified atom stereocenters. The summed E-state index contributed by atoms with van der Waals surface area (Å²) in [4.78, 5) is 4.08. The summed E-state index contributed by atoms with van der Waals surface area (Å²) in [7, 11) is 0. The number of nitrogens with one attached hydrogen (secondary N) is 1. The van der Waals surface area contributed by atoms with Crippen molar-refractivity contribution in [2.75, 3.05) is 0 Å². The van der Waals surface area contributed by atoms with Crippen molar-refractivity contribution in [3.05, 3.63) is 36.7 Å². The Labute approximate surface area is 71.5 Å². The van der Waals surface area contributed by atoms with Crippen molar-refractivity contribution >= 4 is 11.9 Å². The summed E-state index contributed by atoms with van der Waals surface area (Å²) >= 11 is 0. The van der Waals surface area contributed by atoms with E-state index in [2.05, 4.69) is 21.8 Å². The summed E-state index contributed by atoms with van der Waals surface area (Å²) in [6, 6.07) is 1.83. The van der Waals surface area contributed by atoms with Crippen molar-refractivity contribution in [2.24, 2.45) is 4.99 Å². The predicted molar refractivity (Wildman–Crippen MR) is 50.9 cm³/mol. The fourth-order valence-corrected chi connectivity index (χ4v) is 0.705. The average Bonchev–Trinajstić information content (AvgIpc) is 2.56. The lowest BCUT2D eigenvalue weighted by Gasteiger charge is -1.91. The van der Waals surface area contributed by atoms with Crippen molar-refractivity contribution in [3.8, 4) is 0 Å². The van der Waals surface area contributed by atoms with E-state index in [1.54, 1.807) is 12.4 Å². The molecule has 12 heavy (non-hydrogen) atoms. The molecule has 0 saturated heterocycles. The van der Waals surface area contributed by atoms with E-state index in [4.69, 9.17) is 0 Å². The Bertz CT molecular complexity index is 294. The highest BCUT2D eigenvalue weighted by Crippen LogP contribution is 2.07. The van der Waals surface area contributed by atoms with Gasteiger partial charge in [-0.3, -0.25) is 10.1 Å². The zero-order valence-corrected chi connectivity index (χ0v) is 6.99. The van der Waals surface area contributed by atoms with Crippen LogP contribution < -0.4 is 0 Å². The van der Waals surface area contributed by atoms with Crippen molar-refractivity contribution in [2.45, 2.75) is 6.92 Å². The quantitative estimate of drug-likeness (QED) is 0.677. The molecule has 1 N–H and O–H groups in total. The van der Waals surface area contributed by atoms with Crippen LogP contribution in [0.15, 0.2) is 36.0 Å². The van der Waals surface area contributed by atoms with Gasteiger partial charge in [-0.15, -0.1) is 0 Å². The van der Waals surface area contributed by atoms with Gasteiger partial charge in [-0.25, -0.2) is 0 Å². The maximum atomic E-state index is 4.08. The molecule has 0 amide bonds. The van der Waals surface area contributed by atoms with E-state index in [9.17, 15) is 0 Å². The molecule has 0 saturated carbocycles. The van der Waals surface area contributed by atoms with Crippen LogP contribution in [0.4, 0.5) is 0 Å². The van der Waals surface area contributed by atoms with Gasteiger partial charge in [0, 0.05) is 12.4 Å². The average molecular weight is 161 g/mol. The molecule has 0 aliphatic heterocycles. The van der Waals surface area contributed by atoms with Crippen LogP contribution in [0, 0.1) is 0 Å². The molecule has 0 aromatic carbocycles. The van der Waals surface area contributed by atoms with Crippen molar-refractivity contribution < 1.29 is 0 Å². The predicted octanol–water partition coefficient (Wildman–Crippen LogP) is 2.03. The molecular formula is C9H11N3. The molecule has 3 nitrogen and oxygen atoms in total. The van der Waals surface area contributed by atoms with Gasteiger partial charge in [-0.2, -0.15) is 5.10 Å². The van der Waals surface area contributed by atoms with E-state index < -0.39 is 0 Å². The summed E-state index contributed by atoms with van der Waals surface area (Å²) < 4.78 is 0. The second kappa shape index (κ2) is 4.28. The summed E-state index contributed by atoms with van der Waals surface area (Å²) in [5.74, 6) is 0. The van der Waals surface area contributed by atoms with Crippen LogP contribution in [0.25, 0.3) is 5.70 Å². The van der Waals surface area contributed by atoms with Crippen LogP contribution in [0.5, 0.6) is 0 Å². The minimum Gasteiger partial charge on any atom is -0.276 e. The monoisotopic (exact) mass is 161 g/mol. The molecule has 0 aliphatic rings. The maximum absolute atomic E-state index is 4.08. The highest BCUT2D eigenvalue weighted by Gasteiger charge is 1.94. The smallest absolute Gasteiger partial charge is 0.0828 e. The standard InChI is InChI=1S/C9H11N3/c1-3-4-6-10-8(2)9-5-7-11-12-9/h3-7H,2H2,1H3,(H,11,12)/b4-3-,10-6?. The lowest BCUT2D eigenvalue weighted by atomic mass is 10.3. The number of hydrogen-bond acceptors (Lipinski definition) is 2. The van der Waals surface area contributed by atoms with E-state index in [1.165, 1.54) is 0 Å². The third kappa shape index (κ3) is 2.20. The third-order valence-electron chi connectivity index (χ3n) is 1.32. The minimum absolute atomic E-state index is 0.686. The molecule has 0 fully saturated rings. The number of rotatable bonds is 3. The van der Waals surface area contributed by atoms with Gasteiger partial charge in [-0.05, 0) is 19.1 Å². The topological polar surface area (TPSA) is 41.0 Å². The lowest BCUT2D eigenvalue weighted by Crippen LogP contribution is -1.79. The van der Waals surface area contributed by atoms with Gasteiger partial charge < -0.3 is 0 Å². The second-order valence-corrected chi connectivity index (χ2v) is 2.22. The summed E-state index contributed by atoms with van der Waals surface area (Å²) in [5.41, 5.74) is 1.53. The first-order chi connectivity index (χ1) is 5.84. The molecule has 1 rings (SSSR count). The Morgan fingerprint density at radius 3 is 3.17 bits per heavy atom. The van der Waals surface area contributed by atoms with Gasteiger partial charge in [0.05, 0.1) is 11.4 Å². The molecule has 0 aliphatic carbocycles. The van der Waals surface area contributed by atoms with Crippen LogP contribution in [0.3, 0.4) is 0 Å². The fourth-order valence-electron chi connectivity index (χ4n) is 0.705. The Hall–Kier alpha value is -1.64. The van der Waals surface area contributed by atoms with Gasteiger partial charge in [0.2, 0.25) is 0 Å². The van der Waals surface area contributed by atoms with E-state index in [1.807, 2.05) is 25.1 Å². The van der Waals surface area contributed by atoms with Crippen LogP contribution in [-0.4, -0.2) is 16.4 Å². The maximum Gasteiger partial charge on any atom is 0.0828 e. The van der Waals surface area contributed by atoms with Gasteiger partial charge in [0.25, 0.3) is 0 Å². The number of aliphatic imine (C=N–C) groups is 1. The van der Waals surface area contributed by atoms with Gasteiger partial charge in [-0.1, -0.05) is 12.7 Å². The Morgan fingerprint density at radius 2 is 2.58 bits per heavy atom. The zero-order chi connectivity index (χ0) is 8.81. The van der Waals surface area contributed by atoms with Crippen LogP contribution in [0.1, 0.15) is 12.6 Å². The molecule has 62 valence electrons. The Morgan fingerprint density at radius 1 is 1.75 bits per heavy atom. The van der Waals surface area contributed by atoms with Gasteiger partial charge in [0.1, 0.15) is 0 Å². The van der Waals surface area contributed by atoms with Crippen molar-refractivity contribution in [1.82, 2.24) is 10.2 Å². The normalized spacial score (nSPS) is 11.4. The van der Waals surface area contributed by atoms with E-state index >= 15 is 0 Å². The molecule has 0 atom stereocenters. The largest absolute Gasteiger partial charge is 0.276 e. The zero-order valence-electron chi connectivity index (χ0n) is 6.99. The number of allylic oxidation sites excluding steroid dienone is 2. The van der Waals surface area contributed by atoms with Crippen LogP contribution in [0.2, 0.25) is 0 Å². The van der Waals surface area contributed by atoms with E-state index in [0.29, 0.717) is 5.70 Å². The molecule has 0 bridgehead atoms. The van der Waals surface area contributed by atoms with Gasteiger partial charge >= 0.3 is 0 Å². The van der Waals surface area contributed by atoms with E-state index in [-0.39, 0.29) is 0 Å². The number of hydrogen-bond donors (Lipinski definition) is 1. The fraction of sp³-hybridized carbons (Fsp3) is 0.111. The first-order valence-electron chi connectivity index (χ1n) is 3.68. The first-order valence-corrected chi connectivity index (χ1v) is 3.68. The molecular weight excluding hydrogens is 150 g/mol. The second-order valence-electron chi connectivity index (χ2n) is 2.22. The summed E-state index contributed by atoms with van der Waals surface area (Å²) in [6.07, 6.45) is 7.13. The molecule has 0 spiro atoms. The Balaban J connectivity index is 2.61. The van der Waals surface area contributed by atoms with E-state index in [0.717, 1.165) is 5.69 Å². The van der Waals surface area contributed by atoms with Crippen LogP contribution >= 0.6 is 0 Å². The molecule has 1 heterocycles. The van der Waals surface area contributed by atoms with Crippen molar-refractivity contribution in [3.63, 3.8) is 0 Å². The number of H-pyrrole nitrogens is 1.